The molecule has 0 aliphatic carbocycles. The molecule has 2 heterocycles. The van der Waals surface area contributed by atoms with E-state index in [0.717, 1.165) is 12.1 Å². The first-order valence-corrected chi connectivity index (χ1v) is 4.21. The van der Waals surface area contributed by atoms with Crippen LogP contribution in [-0.4, -0.2) is 23.5 Å². The van der Waals surface area contributed by atoms with Crippen LogP contribution in [-0.2, 0) is 0 Å². The Morgan fingerprint density at radius 2 is 2.67 bits per heavy atom. The number of pyridine rings is 1. The third kappa shape index (κ3) is 1.34. The van der Waals surface area contributed by atoms with Crippen molar-refractivity contribution in [2.75, 3.05) is 13.6 Å². The zero-order chi connectivity index (χ0) is 10.2. The fraction of sp³-hybridized carbons (Fsp3) is 0.500. The zero-order valence-electron chi connectivity index (χ0n) is 9.20. The second-order valence-electron chi connectivity index (χ2n) is 3.12. The van der Waals surface area contributed by atoms with Crippen molar-refractivity contribution in [2.45, 2.75) is 18.8 Å². The van der Waals surface area contributed by atoms with Crippen molar-refractivity contribution in [2.24, 2.45) is 0 Å². The molecule has 1 aromatic rings. The molecular formula is C10H14N2. The van der Waals surface area contributed by atoms with Gasteiger partial charge in [0.1, 0.15) is 0 Å². The highest BCUT2D eigenvalue weighted by molar-refractivity contribution is 5.14. The largest absolute Gasteiger partial charge is 0.299 e. The summed E-state index contributed by atoms with van der Waals surface area (Å²) in [6, 6.07) is 3.66. The van der Waals surface area contributed by atoms with Gasteiger partial charge in [0.2, 0.25) is 0 Å². The third-order valence-electron chi connectivity index (χ3n) is 2.24. The highest BCUT2D eigenvalue weighted by atomic mass is 15.1. The van der Waals surface area contributed by atoms with E-state index < -0.39 is 6.37 Å². The van der Waals surface area contributed by atoms with Crippen LogP contribution in [0.15, 0.2) is 24.5 Å². The van der Waals surface area contributed by atoms with Gasteiger partial charge in [-0.3, -0.25) is 9.88 Å². The lowest BCUT2D eigenvalue weighted by Gasteiger charge is -2.18. The molecule has 1 atom stereocenters. The van der Waals surface area contributed by atoms with E-state index in [2.05, 4.69) is 9.88 Å². The Hall–Kier alpha value is -0.890. The molecule has 1 saturated heterocycles. The van der Waals surface area contributed by atoms with Crippen molar-refractivity contribution in [1.82, 2.24) is 9.88 Å². The standard InChI is InChI=1S/C10H14N2/c1-12-7-3-5-10(12)9-4-2-6-11-8-9/h2,4,6,8,10H,3,5,7H2,1H3/i5D2. The van der Waals surface area contributed by atoms with E-state index in [1.807, 2.05) is 19.2 Å². The molecule has 2 rings (SSSR count). The average Bonchev–Trinajstić information content (AvgIpc) is 2.42. The second kappa shape index (κ2) is 3.23. The lowest BCUT2D eigenvalue weighted by atomic mass is 10.1. The highest BCUT2D eigenvalue weighted by Gasteiger charge is 2.21. The molecule has 0 bridgehead atoms. The van der Waals surface area contributed by atoms with E-state index in [1.165, 1.54) is 0 Å². The molecule has 0 aromatic carbocycles. The van der Waals surface area contributed by atoms with Gasteiger partial charge in [0.05, 0.1) is 0 Å². The van der Waals surface area contributed by atoms with Crippen LogP contribution < -0.4 is 0 Å². The van der Waals surface area contributed by atoms with Crippen LogP contribution in [0.25, 0.3) is 0 Å². The second-order valence-corrected chi connectivity index (χ2v) is 3.12. The Morgan fingerprint density at radius 3 is 3.25 bits per heavy atom. The first kappa shape index (κ1) is 5.70. The summed E-state index contributed by atoms with van der Waals surface area (Å²) in [5.74, 6) is 0. The number of likely N-dealkylation sites (tertiary alicyclic amines) is 1. The van der Waals surface area contributed by atoms with E-state index in [9.17, 15) is 0 Å². The molecule has 1 aliphatic heterocycles. The molecule has 0 N–H and O–H groups in total. The summed E-state index contributed by atoms with van der Waals surface area (Å²) >= 11 is 0. The number of nitrogens with zero attached hydrogens (tertiary/aromatic N) is 2. The van der Waals surface area contributed by atoms with Crippen molar-refractivity contribution >= 4 is 0 Å². The molecule has 2 heteroatoms. The van der Waals surface area contributed by atoms with Gasteiger partial charge in [-0.05, 0) is 38.0 Å². The van der Waals surface area contributed by atoms with Gasteiger partial charge in [0.15, 0.2) is 0 Å². The Kier molecular flexibility index (Phi) is 1.54. The van der Waals surface area contributed by atoms with E-state index in [1.54, 1.807) is 12.4 Å². The van der Waals surface area contributed by atoms with Crippen LogP contribution >= 0.6 is 0 Å². The predicted octanol–water partition coefficient (Wildman–Crippen LogP) is 1.85. The molecule has 0 amide bonds. The van der Waals surface area contributed by atoms with Crippen LogP contribution in [0, 0.1) is 0 Å². The summed E-state index contributed by atoms with van der Waals surface area (Å²) in [6.45, 7) is 0.812. The quantitative estimate of drug-likeness (QED) is 0.629. The molecular weight excluding hydrogens is 148 g/mol. The van der Waals surface area contributed by atoms with Gasteiger partial charge in [-0.1, -0.05) is 6.07 Å². The maximum absolute atomic E-state index is 7.91. The maximum Gasteiger partial charge on any atom is 0.0360 e. The average molecular weight is 164 g/mol. The normalized spacial score (nSPS) is 31.2. The summed E-state index contributed by atoms with van der Waals surface area (Å²) in [4.78, 5) is 6.09. The summed E-state index contributed by atoms with van der Waals surface area (Å²) in [6.07, 6.45) is 2.94. The van der Waals surface area contributed by atoms with Crippen LogP contribution in [0.4, 0.5) is 0 Å². The molecule has 1 aliphatic rings. The Balaban J connectivity index is 2.33. The van der Waals surface area contributed by atoms with Crippen molar-refractivity contribution < 1.29 is 2.74 Å². The minimum absolute atomic E-state index is 0.142. The summed E-state index contributed by atoms with van der Waals surface area (Å²) in [7, 11) is 1.96. The lowest BCUT2D eigenvalue weighted by Crippen LogP contribution is -2.17. The third-order valence-corrected chi connectivity index (χ3v) is 2.24. The topological polar surface area (TPSA) is 16.1 Å². The van der Waals surface area contributed by atoms with E-state index >= 15 is 0 Å². The fourth-order valence-electron chi connectivity index (χ4n) is 1.57. The Morgan fingerprint density at radius 1 is 1.75 bits per heavy atom. The van der Waals surface area contributed by atoms with E-state index in [-0.39, 0.29) is 6.04 Å². The fourth-order valence-corrected chi connectivity index (χ4v) is 1.57. The van der Waals surface area contributed by atoms with Gasteiger partial charge < -0.3 is 0 Å². The molecule has 12 heavy (non-hydrogen) atoms. The van der Waals surface area contributed by atoms with E-state index in [4.69, 9.17) is 2.74 Å². The Labute approximate surface area is 76.0 Å². The van der Waals surface area contributed by atoms with Crippen LogP contribution in [0.3, 0.4) is 0 Å². The van der Waals surface area contributed by atoms with Crippen LogP contribution in [0.1, 0.15) is 27.1 Å². The minimum atomic E-state index is -1.13. The van der Waals surface area contributed by atoms with Crippen LogP contribution in [0.2, 0.25) is 0 Å². The number of aromatic nitrogens is 1. The number of rotatable bonds is 1. The summed E-state index contributed by atoms with van der Waals surface area (Å²) < 4.78 is 15.8. The molecule has 0 spiro atoms. The van der Waals surface area contributed by atoms with Crippen molar-refractivity contribution in [3.8, 4) is 0 Å². The van der Waals surface area contributed by atoms with Crippen molar-refractivity contribution in [1.29, 1.82) is 0 Å². The molecule has 2 nitrogen and oxygen atoms in total. The molecule has 1 fully saturated rings. The lowest BCUT2D eigenvalue weighted by molar-refractivity contribution is 0.317. The molecule has 1 aromatic heterocycles. The smallest absolute Gasteiger partial charge is 0.0360 e. The van der Waals surface area contributed by atoms with Crippen LogP contribution in [0.5, 0.6) is 0 Å². The molecule has 64 valence electrons. The highest BCUT2D eigenvalue weighted by Crippen LogP contribution is 2.29. The number of hydrogen-bond donors (Lipinski definition) is 0. The van der Waals surface area contributed by atoms with Gasteiger partial charge in [-0.15, -0.1) is 0 Å². The first-order chi connectivity index (χ1) is 6.61. The van der Waals surface area contributed by atoms with Crippen molar-refractivity contribution in [3.05, 3.63) is 30.1 Å². The van der Waals surface area contributed by atoms with Gasteiger partial charge >= 0.3 is 0 Å². The molecule has 1 unspecified atom stereocenters. The Bertz CT molecular complexity index is 313. The van der Waals surface area contributed by atoms with Gasteiger partial charge in [-0.2, -0.15) is 0 Å². The predicted molar refractivity (Wildman–Crippen MR) is 48.8 cm³/mol. The van der Waals surface area contributed by atoms with Gasteiger partial charge in [0, 0.05) is 21.2 Å². The maximum atomic E-state index is 7.91. The molecule has 0 saturated carbocycles. The SMILES string of the molecule is [2H]C1([2H])CCN(C)C1c1cccnc1. The minimum Gasteiger partial charge on any atom is -0.299 e. The summed E-state index contributed by atoms with van der Waals surface area (Å²) in [5.41, 5.74) is 0.970. The molecule has 0 radical (unpaired) electrons. The number of hydrogen-bond acceptors (Lipinski definition) is 2. The monoisotopic (exact) mass is 164 g/mol. The van der Waals surface area contributed by atoms with Gasteiger partial charge in [-0.25, -0.2) is 0 Å². The van der Waals surface area contributed by atoms with E-state index in [0.29, 0.717) is 6.42 Å². The first-order valence-electron chi connectivity index (χ1n) is 5.21. The van der Waals surface area contributed by atoms with Gasteiger partial charge in [0.25, 0.3) is 0 Å². The summed E-state index contributed by atoms with van der Waals surface area (Å²) in [5, 5.41) is 0. The van der Waals surface area contributed by atoms with Crippen molar-refractivity contribution in [3.63, 3.8) is 0 Å². The zero-order valence-corrected chi connectivity index (χ0v) is 7.20.